The first-order chi connectivity index (χ1) is 13.6. The Morgan fingerprint density at radius 3 is 2.39 bits per heavy atom. The van der Waals surface area contributed by atoms with Crippen molar-refractivity contribution in [3.63, 3.8) is 0 Å². The van der Waals surface area contributed by atoms with Crippen LogP contribution in [-0.4, -0.2) is 50.6 Å². The summed E-state index contributed by atoms with van der Waals surface area (Å²) >= 11 is 0. The van der Waals surface area contributed by atoms with E-state index in [4.69, 9.17) is 4.74 Å². The van der Waals surface area contributed by atoms with Gasteiger partial charge in [0.2, 0.25) is 5.91 Å². The summed E-state index contributed by atoms with van der Waals surface area (Å²) in [4.78, 5) is 18.6. The molecule has 0 aliphatic rings. The van der Waals surface area contributed by atoms with Crippen LogP contribution >= 0.6 is 0 Å². The van der Waals surface area contributed by atoms with Gasteiger partial charge in [0.05, 0.1) is 7.11 Å². The highest BCUT2D eigenvalue weighted by atomic mass is 16.5. The molecule has 1 amide bonds. The predicted octanol–water partition coefficient (Wildman–Crippen LogP) is 2.45. The largest absolute Gasteiger partial charge is 0.497 e. The summed E-state index contributed by atoms with van der Waals surface area (Å²) in [5.41, 5.74) is 2.35. The van der Waals surface area contributed by atoms with Crippen LogP contribution in [0.5, 0.6) is 5.75 Å². The van der Waals surface area contributed by atoms with Crippen molar-refractivity contribution in [1.82, 2.24) is 15.5 Å². The van der Waals surface area contributed by atoms with E-state index in [1.165, 1.54) is 5.56 Å². The van der Waals surface area contributed by atoms with Gasteiger partial charge in [0, 0.05) is 26.7 Å². The van der Waals surface area contributed by atoms with E-state index in [1.54, 1.807) is 7.11 Å². The van der Waals surface area contributed by atoms with Crippen molar-refractivity contribution >= 4 is 11.9 Å². The van der Waals surface area contributed by atoms with Crippen LogP contribution in [0, 0.1) is 0 Å². The molecule has 0 spiro atoms. The number of nitrogens with zero attached hydrogens (tertiary/aromatic N) is 2. The number of guanidine groups is 1. The monoisotopic (exact) mass is 382 g/mol. The fraction of sp³-hybridized carbons (Fsp3) is 0.364. The Morgan fingerprint density at radius 2 is 1.75 bits per heavy atom. The number of carbonyl (C=O) groups excluding carboxylic acids is 1. The molecule has 0 saturated heterocycles. The predicted molar refractivity (Wildman–Crippen MR) is 114 cm³/mol. The summed E-state index contributed by atoms with van der Waals surface area (Å²) in [6.45, 7) is 4.14. The van der Waals surface area contributed by atoms with E-state index in [-0.39, 0.29) is 12.5 Å². The summed E-state index contributed by atoms with van der Waals surface area (Å²) in [6, 6.07) is 18.0. The highest BCUT2D eigenvalue weighted by Gasteiger charge is 2.08. The topological polar surface area (TPSA) is 66.0 Å². The van der Waals surface area contributed by atoms with E-state index in [2.05, 4.69) is 27.8 Å². The molecule has 0 aliphatic heterocycles. The van der Waals surface area contributed by atoms with Crippen LogP contribution < -0.4 is 15.4 Å². The molecule has 0 aliphatic carbocycles. The molecule has 2 rings (SSSR count). The van der Waals surface area contributed by atoms with E-state index in [1.807, 2.05) is 61.3 Å². The van der Waals surface area contributed by atoms with E-state index >= 15 is 0 Å². The molecule has 0 unspecified atom stereocenters. The normalized spacial score (nSPS) is 11.0. The fourth-order valence-corrected chi connectivity index (χ4v) is 2.74. The van der Waals surface area contributed by atoms with Gasteiger partial charge in [-0.25, -0.2) is 4.99 Å². The van der Waals surface area contributed by atoms with Crippen molar-refractivity contribution in [3.05, 3.63) is 65.7 Å². The molecule has 2 aromatic rings. The zero-order chi connectivity index (χ0) is 20.2. The second-order valence-corrected chi connectivity index (χ2v) is 6.46. The third-order valence-corrected chi connectivity index (χ3v) is 4.23. The highest BCUT2D eigenvalue weighted by molar-refractivity contribution is 5.84. The van der Waals surface area contributed by atoms with Gasteiger partial charge < -0.3 is 20.3 Å². The maximum atomic E-state index is 12.1. The molecule has 0 bridgehead atoms. The minimum atomic E-state index is -0.0795. The van der Waals surface area contributed by atoms with Gasteiger partial charge in [0.25, 0.3) is 0 Å². The number of aliphatic imine (C=N–C) groups is 1. The third-order valence-electron chi connectivity index (χ3n) is 4.23. The van der Waals surface area contributed by atoms with Crippen LogP contribution in [0.3, 0.4) is 0 Å². The van der Waals surface area contributed by atoms with Crippen molar-refractivity contribution in [2.24, 2.45) is 4.99 Å². The van der Waals surface area contributed by atoms with Crippen molar-refractivity contribution in [3.8, 4) is 5.75 Å². The van der Waals surface area contributed by atoms with Crippen LogP contribution in [0.15, 0.2) is 59.6 Å². The maximum absolute atomic E-state index is 12.1. The number of hydrogen-bond donors (Lipinski definition) is 2. The lowest BCUT2D eigenvalue weighted by atomic mass is 10.1. The second-order valence-electron chi connectivity index (χ2n) is 6.46. The van der Waals surface area contributed by atoms with Crippen molar-refractivity contribution in [2.75, 3.05) is 33.8 Å². The second kappa shape index (κ2) is 11.6. The number of benzene rings is 2. The Hall–Kier alpha value is -3.02. The third kappa shape index (κ3) is 7.31. The SMILES string of the molecule is CCNC(=NCC(=O)NCCc1ccccc1)N(C)Cc1ccc(OC)cc1. The standard InChI is InChI=1S/C22H30N4O2/c1-4-23-22(26(2)17-19-10-12-20(28-3)13-11-19)25-16-21(27)24-15-14-18-8-6-5-7-9-18/h5-13H,4,14-17H2,1-3H3,(H,23,25)(H,24,27). The quantitative estimate of drug-likeness (QED) is 0.516. The van der Waals surface area contributed by atoms with Crippen molar-refractivity contribution in [1.29, 1.82) is 0 Å². The molecule has 28 heavy (non-hydrogen) atoms. The molecular formula is C22H30N4O2. The Bertz CT molecular complexity index is 745. The number of methoxy groups -OCH3 is 1. The molecule has 0 aromatic heterocycles. The van der Waals surface area contributed by atoms with Gasteiger partial charge in [0.1, 0.15) is 12.3 Å². The van der Waals surface area contributed by atoms with Gasteiger partial charge in [-0.1, -0.05) is 42.5 Å². The first kappa shape index (κ1) is 21.3. The minimum absolute atomic E-state index is 0.0795. The molecule has 6 heteroatoms. The molecule has 150 valence electrons. The van der Waals surface area contributed by atoms with Crippen LogP contribution in [0.1, 0.15) is 18.1 Å². The lowest BCUT2D eigenvalue weighted by Gasteiger charge is -2.22. The van der Waals surface area contributed by atoms with E-state index < -0.39 is 0 Å². The van der Waals surface area contributed by atoms with E-state index in [9.17, 15) is 4.79 Å². The summed E-state index contributed by atoms with van der Waals surface area (Å²) in [5, 5.41) is 6.16. The zero-order valence-electron chi connectivity index (χ0n) is 16.9. The van der Waals surface area contributed by atoms with Crippen LogP contribution in [0.25, 0.3) is 0 Å². The summed E-state index contributed by atoms with van der Waals surface area (Å²) in [7, 11) is 3.61. The van der Waals surface area contributed by atoms with Gasteiger partial charge in [-0.3, -0.25) is 4.79 Å². The fourth-order valence-electron chi connectivity index (χ4n) is 2.74. The molecule has 0 fully saturated rings. The number of rotatable bonds is 9. The van der Waals surface area contributed by atoms with Gasteiger partial charge in [0.15, 0.2) is 5.96 Å². The van der Waals surface area contributed by atoms with Gasteiger partial charge in [-0.2, -0.15) is 0 Å². The molecular weight excluding hydrogens is 352 g/mol. The first-order valence-electron chi connectivity index (χ1n) is 9.55. The Balaban J connectivity index is 1.84. The van der Waals surface area contributed by atoms with Gasteiger partial charge in [-0.15, -0.1) is 0 Å². The molecule has 2 aromatic carbocycles. The van der Waals surface area contributed by atoms with E-state index in [0.717, 1.165) is 24.3 Å². The average Bonchev–Trinajstić information content (AvgIpc) is 2.72. The number of nitrogens with one attached hydrogen (secondary N) is 2. The number of amides is 1. The van der Waals surface area contributed by atoms with E-state index in [0.29, 0.717) is 19.0 Å². The first-order valence-corrected chi connectivity index (χ1v) is 9.55. The Kier molecular flexibility index (Phi) is 8.85. The van der Waals surface area contributed by atoms with Crippen molar-refractivity contribution in [2.45, 2.75) is 19.9 Å². The number of hydrogen-bond acceptors (Lipinski definition) is 3. The molecule has 0 atom stereocenters. The number of ether oxygens (including phenoxy) is 1. The average molecular weight is 383 g/mol. The van der Waals surface area contributed by atoms with Crippen LogP contribution in [0.2, 0.25) is 0 Å². The highest BCUT2D eigenvalue weighted by Crippen LogP contribution is 2.12. The lowest BCUT2D eigenvalue weighted by Crippen LogP contribution is -2.39. The smallest absolute Gasteiger partial charge is 0.241 e. The molecule has 0 heterocycles. The van der Waals surface area contributed by atoms with Crippen LogP contribution in [0.4, 0.5) is 0 Å². The van der Waals surface area contributed by atoms with Gasteiger partial charge in [-0.05, 0) is 36.6 Å². The zero-order valence-corrected chi connectivity index (χ0v) is 16.9. The van der Waals surface area contributed by atoms with Crippen molar-refractivity contribution < 1.29 is 9.53 Å². The summed E-state index contributed by atoms with van der Waals surface area (Å²) in [5.74, 6) is 1.46. The van der Waals surface area contributed by atoms with Gasteiger partial charge >= 0.3 is 0 Å². The summed E-state index contributed by atoms with van der Waals surface area (Å²) in [6.07, 6.45) is 0.813. The van der Waals surface area contributed by atoms with Crippen LogP contribution in [-0.2, 0) is 17.8 Å². The number of carbonyl (C=O) groups is 1. The molecule has 6 nitrogen and oxygen atoms in total. The Labute approximate surface area is 167 Å². The lowest BCUT2D eigenvalue weighted by molar-refractivity contribution is -0.119. The molecule has 0 radical (unpaired) electrons. The molecule has 2 N–H and O–H groups in total. The molecule has 0 saturated carbocycles. The summed E-state index contributed by atoms with van der Waals surface area (Å²) < 4.78 is 5.19. The maximum Gasteiger partial charge on any atom is 0.241 e. The Morgan fingerprint density at radius 1 is 1.04 bits per heavy atom. The minimum Gasteiger partial charge on any atom is -0.497 e.